The van der Waals surface area contributed by atoms with Crippen LogP contribution in [0.4, 0.5) is 14.5 Å². The Hall–Kier alpha value is -1.66. The highest BCUT2D eigenvalue weighted by Crippen LogP contribution is 2.31. The number of halogens is 3. The van der Waals surface area contributed by atoms with E-state index >= 15 is 0 Å². The quantitative estimate of drug-likeness (QED) is 0.571. The van der Waals surface area contributed by atoms with Crippen LogP contribution in [-0.4, -0.2) is 0 Å². The van der Waals surface area contributed by atoms with Crippen LogP contribution in [0.25, 0.3) is 0 Å². The molecule has 6 heteroatoms. The molecule has 1 aromatic carbocycles. The molecule has 1 rings (SSSR count). The standard InChI is InChI=1S/C8H2BrF2N3/c9-5-7(11)3(1-12)6(10)4(2-13)8(5)14/h14H2. The summed E-state index contributed by atoms with van der Waals surface area (Å²) < 4.78 is 26.1. The summed E-state index contributed by atoms with van der Waals surface area (Å²) in [4.78, 5) is 0. The summed E-state index contributed by atoms with van der Waals surface area (Å²) >= 11 is 2.73. The largest absolute Gasteiger partial charge is 0.397 e. The van der Waals surface area contributed by atoms with Crippen LogP contribution in [-0.2, 0) is 0 Å². The topological polar surface area (TPSA) is 73.6 Å². The van der Waals surface area contributed by atoms with Crippen molar-refractivity contribution in [3.05, 3.63) is 27.2 Å². The zero-order valence-electron chi connectivity index (χ0n) is 6.61. The molecule has 1 aromatic rings. The van der Waals surface area contributed by atoms with Gasteiger partial charge < -0.3 is 5.73 Å². The molecule has 0 amide bonds. The molecule has 0 aliphatic carbocycles. The molecule has 0 saturated carbocycles. The van der Waals surface area contributed by atoms with E-state index in [0.29, 0.717) is 0 Å². The molecule has 0 atom stereocenters. The second-order valence-corrected chi connectivity index (χ2v) is 3.12. The third-order valence-electron chi connectivity index (χ3n) is 1.58. The van der Waals surface area contributed by atoms with Gasteiger partial charge in [-0.25, -0.2) is 8.78 Å². The fourth-order valence-electron chi connectivity index (χ4n) is 0.885. The van der Waals surface area contributed by atoms with Crippen molar-refractivity contribution in [1.82, 2.24) is 0 Å². The molecule has 0 unspecified atom stereocenters. The van der Waals surface area contributed by atoms with E-state index in [9.17, 15) is 8.78 Å². The second-order valence-electron chi connectivity index (χ2n) is 2.33. The number of nitrogen functional groups attached to an aromatic ring is 1. The molecule has 14 heavy (non-hydrogen) atoms. The summed E-state index contributed by atoms with van der Waals surface area (Å²) in [7, 11) is 0. The van der Waals surface area contributed by atoms with E-state index < -0.39 is 22.8 Å². The molecule has 0 radical (unpaired) electrons. The fourth-order valence-corrected chi connectivity index (χ4v) is 1.28. The summed E-state index contributed by atoms with van der Waals surface area (Å²) in [6.45, 7) is 0. The summed E-state index contributed by atoms with van der Waals surface area (Å²) in [5, 5.41) is 16.9. The van der Waals surface area contributed by atoms with E-state index in [0.717, 1.165) is 0 Å². The molecule has 0 spiro atoms. The average Bonchev–Trinajstić information content (AvgIpc) is 2.16. The van der Waals surface area contributed by atoms with Crippen LogP contribution in [0.3, 0.4) is 0 Å². The SMILES string of the molecule is N#Cc1c(N)c(Br)c(F)c(C#N)c1F. The van der Waals surface area contributed by atoms with Crippen LogP contribution in [0.1, 0.15) is 11.1 Å². The maximum absolute atomic E-state index is 13.2. The number of nitriles is 2. The van der Waals surface area contributed by atoms with E-state index in [-0.39, 0.29) is 10.2 Å². The van der Waals surface area contributed by atoms with Crippen LogP contribution in [0, 0.1) is 34.3 Å². The molecule has 3 nitrogen and oxygen atoms in total. The first-order valence-corrected chi connectivity index (χ1v) is 4.10. The van der Waals surface area contributed by atoms with Gasteiger partial charge in [0.15, 0.2) is 11.6 Å². The van der Waals surface area contributed by atoms with Crippen molar-refractivity contribution >= 4 is 21.6 Å². The minimum absolute atomic E-state index is 0.271. The number of anilines is 1. The maximum Gasteiger partial charge on any atom is 0.163 e. The van der Waals surface area contributed by atoms with Gasteiger partial charge in [-0.1, -0.05) is 0 Å². The van der Waals surface area contributed by atoms with Gasteiger partial charge in [-0.15, -0.1) is 0 Å². The van der Waals surface area contributed by atoms with Crippen LogP contribution in [0.5, 0.6) is 0 Å². The van der Waals surface area contributed by atoms with Gasteiger partial charge in [-0.3, -0.25) is 0 Å². The Morgan fingerprint density at radius 3 is 2.00 bits per heavy atom. The Balaban J connectivity index is 3.78. The number of hydrogen-bond donors (Lipinski definition) is 1. The first kappa shape index (κ1) is 10.4. The lowest BCUT2D eigenvalue weighted by atomic mass is 10.1. The van der Waals surface area contributed by atoms with Crippen LogP contribution in [0.2, 0.25) is 0 Å². The van der Waals surface area contributed by atoms with E-state index in [1.54, 1.807) is 0 Å². The van der Waals surface area contributed by atoms with Gasteiger partial charge in [-0.2, -0.15) is 10.5 Å². The Morgan fingerprint density at radius 2 is 1.57 bits per heavy atom. The third-order valence-corrected chi connectivity index (χ3v) is 2.36. The minimum Gasteiger partial charge on any atom is -0.397 e. The zero-order chi connectivity index (χ0) is 10.9. The van der Waals surface area contributed by atoms with Gasteiger partial charge >= 0.3 is 0 Å². The third kappa shape index (κ3) is 1.30. The predicted molar refractivity (Wildman–Crippen MR) is 47.9 cm³/mol. The number of benzene rings is 1. The molecule has 70 valence electrons. The summed E-state index contributed by atoms with van der Waals surface area (Å²) in [6, 6.07) is 2.78. The number of rotatable bonds is 0. The van der Waals surface area contributed by atoms with Crippen LogP contribution >= 0.6 is 15.9 Å². The van der Waals surface area contributed by atoms with Gasteiger partial charge in [0.25, 0.3) is 0 Å². The monoisotopic (exact) mass is 257 g/mol. The van der Waals surface area contributed by atoms with Crippen molar-refractivity contribution in [1.29, 1.82) is 10.5 Å². The zero-order valence-corrected chi connectivity index (χ0v) is 8.19. The molecule has 0 aliphatic rings. The fraction of sp³-hybridized carbons (Fsp3) is 0. The highest BCUT2D eigenvalue weighted by Gasteiger charge is 2.21. The van der Waals surface area contributed by atoms with Crippen LogP contribution in [0.15, 0.2) is 4.47 Å². The van der Waals surface area contributed by atoms with Gasteiger partial charge in [-0.05, 0) is 15.9 Å². The van der Waals surface area contributed by atoms with Crippen LogP contribution < -0.4 is 5.73 Å². The van der Waals surface area contributed by atoms with Gasteiger partial charge in [0, 0.05) is 0 Å². The lowest BCUT2D eigenvalue weighted by molar-refractivity contribution is 0.571. The summed E-state index contributed by atoms with van der Waals surface area (Å²) in [5.74, 6) is -2.32. The first-order valence-electron chi connectivity index (χ1n) is 3.30. The molecule has 0 heterocycles. The van der Waals surface area contributed by atoms with Gasteiger partial charge in [0.05, 0.1) is 10.2 Å². The van der Waals surface area contributed by atoms with E-state index in [4.69, 9.17) is 16.3 Å². The molecule has 2 N–H and O–H groups in total. The van der Waals surface area contributed by atoms with E-state index in [2.05, 4.69) is 15.9 Å². The minimum atomic E-state index is -1.23. The van der Waals surface area contributed by atoms with Crippen molar-refractivity contribution < 1.29 is 8.78 Å². The smallest absolute Gasteiger partial charge is 0.163 e. The maximum atomic E-state index is 13.2. The number of nitrogens with two attached hydrogens (primary N) is 1. The molecule has 0 aromatic heterocycles. The normalized spacial score (nSPS) is 9.21. The Morgan fingerprint density at radius 1 is 1.07 bits per heavy atom. The van der Waals surface area contributed by atoms with E-state index in [1.165, 1.54) is 12.1 Å². The van der Waals surface area contributed by atoms with Crippen molar-refractivity contribution in [3.8, 4) is 12.1 Å². The number of nitrogens with zero attached hydrogens (tertiary/aromatic N) is 2. The van der Waals surface area contributed by atoms with Crippen molar-refractivity contribution in [2.45, 2.75) is 0 Å². The van der Waals surface area contributed by atoms with Gasteiger partial charge in [0.1, 0.15) is 23.3 Å². The van der Waals surface area contributed by atoms with E-state index in [1.807, 2.05) is 0 Å². The lowest BCUT2D eigenvalue weighted by Gasteiger charge is -2.05. The lowest BCUT2D eigenvalue weighted by Crippen LogP contribution is -2.02. The van der Waals surface area contributed by atoms with Gasteiger partial charge in [0.2, 0.25) is 0 Å². The predicted octanol–water partition coefficient (Wildman–Crippen LogP) is 2.05. The van der Waals surface area contributed by atoms with Crippen molar-refractivity contribution in [2.24, 2.45) is 0 Å². The molecule has 0 fully saturated rings. The highest BCUT2D eigenvalue weighted by molar-refractivity contribution is 9.10. The number of hydrogen-bond acceptors (Lipinski definition) is 3. The van der Waals surface area contributed by atoms with Crippen molar-refractivity contribution in [3.63, 3.8) is 0 Å². The Kier molecular flexibility index (Phi) is 2.68. The summed E-state index contributed by atoms with van der Waals surface area (Å²) in [6.07, 6.45) is 0. The molecular formula is C8H2BrF2N3. The molecule has 0 aliphatic heterocycles. The molecular weight excluding hydrogens is 256 g/mol. The highest BCUT2D eigenvalue weighted by atomic mass is 79.9. The van der Waals surface area contributed by atoms with Crippen molar-refractivity contribution in [2.75, 3.05) is 5.73 Å². The molecule has 0 saturated heterocycles. The molecule has 0 bridgehead atoms. The second kappa shape index (κ2) is 3.60. The first-order chi connectivity index (χ1) is 6.54. The average molecular weight is 258 g/mol. The Bertz CT molecular complexity index is 444. The summed E-state index contributed by atoms with van der Waals surface area (Å²) in [5.41, 5.74) is 3.56. The Labute approximate surface area is 86.5 Å².